The highest BCUT2D eigenvalue weighted by molar-refractivity contribution is 5.70. The van der Waals surface area contributed by atoms with Crippen LogP contribution in [0.25, 0.3) is 0 Å². The highest BCUT2D eigenvalue weighted by Gasteiger charge is 2.20. The number of esters is 3. The van der Waals surface area contributed by atoms with Gasteiger partial charge in [0.05, 0.1) is 0 Å². The number of hydrogen-bond donors (Lipinski definition) is 0. The second kappa shape index (κ2) is 35.6. The van der Waals surface area contributed by atoms with Crippen LogP contribution in [0.4, 0.5) is 0 Å². The Bertz CT molecular complexity index is 1000. The van der Waals surface area contributed by atoms with Crippen LogP contribution < -0.4 is 0 Å². The van der Waals surface area contributed by atoms with E-state index in [-0.39, 0.29) is 24.0 Å². The zero-order valence-corrected chi connectivity index (χ0v) is 38.3. The zero-order valence-electron chi connectivity index (χ0n) is 38.3. The highest BCUT2D eigenvalue weighted by Crippen LogP contribution is 2.33. The molecule has 0 spiro atoms. The fourth-order valence-electron chi connectivity index (χ4n) is 9.17. The van der Waals surface area contributed by atoms with Gasteiger partial charge in [0.15, 0.2) is 0 Å². The molecule has 0 aromatic carbocycles. The Morgan fingerprint density at radius 2 is 0.897 bits per heavy atom. The first-order valence-corrected chi connectivity index (χ1v) is 24.8. The van der Waals surface area contributed by atoms with E-state index >= 15 is 0 Å². The lowest BCUT2D eigenvalue weighted by molar-refractivity contribution is -0.150. The third kappa shape index (κ3) is 29.1. The molecule has 0 heterocycles. The van der Waals surface area contributed by atoms with Gasteiger partial charge in [-0.3, -0.25) is 14.4 Å². The van der Waals surface area contributed by atoms with E-state index in [4.69, 9.17) is 14.2 Å². The van der Waals surface area contributed by atoms with Crippen LogP contribution in [0, 0.1) is 23.7 Å². The number of rotatable bonds is 35. The predicted molar refractivity (Wildman–Crippen MR) is 242 cm³/mol. The van der Waals surface area contributed by atoms with Gasteiger partial charge in [0, 0.05) is 19.3 Å². The molecule has 336 valence electrons. The van der Waals surface area contributed by atoms with E-state index in [0.29, 0.717) is 44.3 Å². The summed E-state index contributed by atoms with van der Waals surface area (Å²) >= 11 is 0. The second-order valence-electron chi connectivity index (χ2n) is 18.4. The van der Waals surface area contributed by atoms with Gasteiger partial charge in [-0.15, -0.1) is 0 Å². The monoisotopic (exact) mass is 814 g/mol. The van der Waals surface area contributed by atoms with Crippen molar-refractivity contribution in [2.75, 3.05) is 33.9 Å². The summed E-state index contributed by atoms with van der Waals surface area (Å²) in [4.78, 5) is 39.1. The number of nitrogens with zero attached hydrogens (tertiary/aromatic N) is 1. The lowest BCUT2D eigenvalue weighted by atomic mass is 9.80. The summed E-state index contributed by atoms with van der Waals surface area (Å²) in [7, 11) is 4.07. The molecule has 0 N–H and O–H groups in total. The summed E-state index contributed by atoms with van der Waals surface area (Å²) in [5.74, 6) is 2.98. The number of ether oxygens (including phenoxy) is 3. The SMILES string of the molecule is CCCC1CCC(C=CCOC(=O)CCCCCCCCCC(CCCCCCCCCC(=O)OCC=CC2CCC(CCC)CC2)OC(=O)CCCN(C)C)CC1. The summed E-state index contributed by atoms with van der Waals surface area (Å²) in [5, 5.41) is 0. The molecule has 0 aromatic rings. The minimum Gasteiger partial charge on any atom is -0.462 e. The van der Waals surface area contributed by atoms with Crippen LogP contribution in [0.1, 0.15) is 219 Å². The molecule has 0 radical (unpaired) electrons. The number of allylic oxidation sites excluding steroid dienone is 2. The molecular weight excluding hydrogens is 723 g/mol. The van der Waals surface area contributed by atoms with Gasteiger partial charge in [0.25, 0.3) is 0 Å². The molecule has 0 aromatic heterocycles. The van der Waals surface area contributed by atoms with Crippen LogP contribution >= 0.6 is 0 Å². The largest absolute Gasteiger partial charge is 0.462 e. The Kier molecular flexibility index (Phi) is 31.9. The first kappa shape index (κ1) is 52.0. The van der Waals surface area contributed by atoms with Crippen molar-refractivity contribution in [1.29, 1.82) is 0 Å². The van der Waals surface area contributed by atoms with E-state index in [1.165, 1.54) is 103 Å². The summed E-state index contributed by atoms with van der Waals surface area (Å²) in [6, 6.07) is 0. The predicted octanol–water partition coefficient (Wildman–Crippen LogP) is 13.7. The van der Waals surface area contributed by atoms with E-state index in [9.17, 15) is 14.4 Å². The molecule has 7 heteroatoms. The van der Waals surface area contributed by atoms with Crippen molar-refractivity contribution in [1.82, 2.24) is 4.90 Å². The van der Waals surface area contributed by atoms with Crippen LogP contribution in [0.5, 0.6) is 0 Å². The Hall–Kier alpha value is -2.15. The lowest BCUT2D eigenvalue weighted by Crippen LogP contribution is -2.20. The van der Waals surface area contributed by atoms with Gasteiger partial charge < -0.3 is 19.1 Å². The van der Waals surface area contributed by atoms with Crippen LogP contribution in [0.3, 0.4) is 0 Å². The Balaban J connectivity index is 1.47. The molecule has 0 aliphatic heterocycles. The zero-order chi connectivity index (χ0) is 41.9. The lowest BCUT2D eigenvalue weighted by Gasteiger charge is -2.26. The maximum atomic E-state index is 12.6. The van der Waals surface area contributed by atoms with Crippen molar-refractivity contribution >= 4 is 17.9 Å². The molecule has 0 atom stereocenters. The van der Waals surface area contributed by atoms with E-state index in [2.05, 4.69) is 43.1 Å². The molecule has 2 rings (SSSR count). The average molecular weight is 814 g/mol. The Labute approximate surface area is 357 Å². The maximum Gasteiger partial charge on any atom is 0.306 e. The van der Waals surface area contributed by atoms with Crippen molar-refractivity contribution in [2.24, 2.45) is 23.7 Å². The van der Waals surface area contributed by atoms with Crippen molar-refractivity contribution in [3.63, 3.8) is 0 Å². The first-order chi connectivity index (χ1) is 28.3. The van der Waals surface area contributed by atoms with Crippen LogP contribution in [-0.2, 0) is 28.6 Å². The molecular formula is C51H91NO6. The van der Waals surface area contributed by atoms with Gasteiger partial charge in [-0.25, -0.2) is 0 Å². The first-order valence-electron chi connectivity index (χ1n) is 24.8. The van der Waals surface area contributed by atoms with Gasteiger partial charge in [-0.1, -0.05) is 128 Å². The molecule has 0 bridgehead atoms. The van der Waals surface area contributed by atoms with Crippen molar-refractivity contribution in [3.05, 3.63) is 24.3 Å². The number of carbonyl (C=O) groups excluding carboxylic acids is 3. The minimum atomic E-state index is -0.0685. The molecule has 0 saturated heterocycles. The topological polar surface area (TPSA) is 82.1 Å². The Morgan fingerprint density at radius 1 is 0.517 bits per heavy atom. The minimum absolute atomic E-state index is 0.0233. The van der Waals surface area contributed by atoms with E-state index in [1.54, 1.807) is 0 Å². The fraction of sp³-hybridized carbons (Fsp3) is 0.863. The number of hydrogen-bond acceptors (Lipinski definition) is 7. The smallest absolute Gasteiger partial charge is 0.306 e. The quantitative estimate of drug-likeness (QED) is 0.0273. The van der Waals surface area contributed by atoms with Crippen molar-refractivity contribution in [2.45, 2.75) is 225 Å². The third-order valence-electron chi connectivity index (χ3n) is 12.8. The summed E-state index contributed by atoms with van der Waals surface area (Å²) in [5.41, 5.74) is 0. The second-order valence-corrected chi connectivity index (χ2v) is 18.4. The standard InChI is InChI=1S/C51H91NO6/c1-5-24-44-33-37-46(38-34-44)26-22-42-56-49(53)30-19-15-11-7-9-13-17-28-48(58-51(55)32-21-41-52(3)4)29-18-14-10-8-12-16-20-31-50(54)57-43-23-27-47-39-35-45(25-6-2)36-40-47/h22-23,26-27,44-48H,5-21,24-25,28-43H2,1-4H3. The van der Waals surface area contributed by atoms with Gasteiger partial charge in [0.1, 0.15) is 19.3 Å². The molecule has 0 unspecified atom stereocenters. The van der Waals surface area contributed by atoms with Crippen LogP contribution in [0.15, 0.2) is 24.3 Å². The van der Waals surface area contributed by atoms with Crippen LogP contribution in [-0.4, -0.2) is 62.8 Å². The average Bonchev–Trinajstić information content (AvgIpc) is 3.21. The van der Waals surface area contributed by atoms with Crippen molar-refractivity contribution < 1.29 is 28.6 Å². The molecule has 2 aliphatic rings. The number of unbranched alkanes of at least 4 members (excludes halogenated alkanes) is 12. The maximum absolute atomic E-state index is 12.6. The van der Waals surface area contributed by atoms with E-state index in [0.717, 1.165) is 102 Å². The fourth-order valence-corrected chi connectivity index (χ4v) is 9.17. The summed E-state index contributed by atoms with van der Waals surface area (Å²) in [6.45, 7) is 6.30. The van der Waals surface area contributed by atoms with Gasteiger partial charge in [-0.05, 0) is 141 Å². The normalized spacial score (nSPS) is 20.5. The van der Waals surface area contributed by atoms with Crippen molar-refractivity contribution in [3.8, 4) is 0 Å². The van der Waals surface area contributed by atoms with Crippen LogP contribution in [0.2, 0.25) is 0 Å². The summed E-state index contributed by atoms with van der Waals surface area (Å²) in [6.07, 6.45) is 44.3. The van der Waals surface area contributed by atoms with Gasteiger partial charge >= 0.3 is 17.9 Å². The highest BCUT2D eigenvalue weighted by atomic mass is 16.5. The Morgan fingerprint density at radius 3 is 1.29 bits per heavy atom. The van der Waals surface area contributed by atoms with Gasteiger partial charge in [0.2, 0.25) is 0 Å². The molecule has 2 aliphatic carbocycles. The molecule has 58 heavy (non-hydrogen) atoms. The third-order valence-corrected chi connectivity index (χ3v) is 12.8. The van der Waals surface area contributed by atoms with Gasteiger partial charge in [-0.2, -0.15) is 0 Å². The molecule has 0 amide bonds. The summed E-state index contributed by atoms with van der Waals surface area (Å²) < 4.78 is 16.9. The van der Waals surface area contributed by atoms with E-state index < -0.39 is 0 Å². The molecule has 2 saturated carbocycles. The molecule has 7 nitrogen and oxygen atoms in total. The molecule has 2 fully saturated rings. The number of carbonyl (C=O) groups is 3. The van der Waals surface area contributed by atoms with E-state index in [1.807, 2.05) is 14.1 Å².